The van der Waals surface area contributed by atoms with Crippen molar-refractivity contribution < 1.29 is 13.5 Å². The Bertz CT molecular complexity index is 491. The predicted octanol–water partition coefficient (Wildman–Crippen LogP) is 1.53. The molecule has 0 unspecified atom stereocenters. The molecule has 0 saturated heterocycles. The third-order valence-electron chi connectivity index (χ3n) is 3.12. The van der Waals surface area contributed by atoms with E-state index in [1.807, 2.05) is 19.1 Å². The van der Waals surface area contributed by atoms with Crippen molar-refractivity contribution in [1.29, 1.82) is 0 Å². The van der Waals surface area contributed by atoms with Crippen LogP contribution < -0.4 is 0 Å². The molecule has 0 heterocycles. The number of rotatable bonds is 6. The van der Waals surface area contributed by atoms with E-state index >= 15 is 0 Å². The zero-order chi connectivity index (χ0) is 13.2. The van der Waals surface area contributed by atoms with Crippen LogP contribution in [0.1, 0.15) is 24.8 Å². The van der Waals surface area contributed by atoms with Gasteiger partial charge in [-0.2, -0.15) is 4.31 Å². The first-order valence-corrected chi connectivity index (χ1v) is 7.69. The maximum Gasteiger partial charge on any atom is 0.243 e. The molecule has 0 spiro atoms. The van der Waals surface area contributed by atoms with E-state index in [0.717, 1.165) is 18.4 Å². The Labute approximate surface area is 108 Å². The molecule has 0 bridgehead atoms. The molecule has 0 aromatic heterocycles. The lowest BCUT2D eigenvalue weighted by Crippen LogP contribution is -2.34. The monoisotopic (exact) mass is 269 g/mol. The van der Waals surface area contributed by atoms with E-state index in [0.29, 0.717) is 17.9 Å². The Balaban J connectivity index is 2.24. The topological polar surface area (TPSA) is 57.6 Å². The van der Waals surface area contributed by atoms with Crippen LogP contribution in [0, 0.1) is 6.92 Å². The Morgan fingerprint density at radius 2 is 1.89 bits per heavy atom. The van der Waals surface area contributed by atoms with Gasteiger partial charge >= 0.3 is 0 Å². The highest BCUT2D eigenvalue weighted by Gasteiger charge is 2.37. The molecule has 1 fully saturated rings. The van der Waals surface area contributed by atoms with E-state index in [-0.39, 0.29) is 12.6 Å². The van der Waals surface area contributed by atoms with Crippen molar-refractivity contribution in [3.63, 3.8) is 0 Å². The van der Waals surface area contributed by atoms with Gasteiger partial charge in [-0.3, -0.25) is 0 Å². The molecule has 1 aromatic rings. The summed E-state index contributed by atoms with van der Waals surface area (Å²) in [5.41, 5.74) is 1.04. The van der Waals surface area contributed by atoms with Gasteiger partial charge in [0.1, 0.15) is 0 Å². The summed E-state index contributed by atoms with van der Waals surface area (Å²) in [6.07, 6.45) is 2.34. The van der Waals surface area contributed by atoms with Gasteiger partial charge in [-0.15, -0.1) is 0 Å². The number of aliphatic hydroxyl groups excluding tert-OH is 1. The van der Waals surface area contributed by atoms with Crippen LogP contribution in [0.3, 0.4) is 0 Å². The molecule has 5 heteroatoms. The van der Waals surface area contributed by atoms with Gasteiger partial charge in [0.15, 0.2) is 0 Å². The molecule has 0 amide bonds. The van der Waals surface area contributed by atoms with Crippen molar-refractivity contribution in [3.05, 3.63) is 29.8 Å². The van der Waals surface area contributed by atoms with Crippen LogP contribution in [-0.2, 0) is 10.0 Å². The van der Waals surface area contributed by atoms with Crippen molar-refractivity contribution in [2.75, 3.05) is 13.2 Å². The van der Waals surface area contributed by atoms with E-state index in [4.69, 9.17) is 5.11 Å². The molecule has 0 radical (unpaired) electrons. The molecule has 0 aliphatic heterocycles. The summed E-state index contributed by atoms with van der Waals surface area (Å²) in [5.74, 6) is 0. The fourth-order valence-electron chi connectivity index (χ4n) is 1.93. The second-order valence-electron chi connectivity index (χ2n) is 4.74. The van der Waals surface area contributed by atoms with Gasteiger partial charge < -0.3 is 5.11 Å². The maximum absolute atomic E-state index is 12.5. The number of hydrogen-bond acceptors (Lipinski definition) is 3. The molecule has 2 rings (SSSR count). The molecular formula is C13H19NO3S. The molecule has 1 aliphatic carbocycles. The molecular weight excluding hydrogens is 250 g/mol. The number of aliphatic hydroxyl groups is 1. The minimum atomic E-state index is -3.40. The summed E-state index contributed by atoms with van der Waals surface area (Å²) >= 11 is 0. The standard InChI is InChI=1S/C13H19NO3S/c1-11-3-7-13(8-4-11)18(16,17)14(9-2-10-15)12-5-6-12/h3-4,7-8,12,15H,2,5-6,9-10H2,1H3. The van der Waals surface area contributed by atoms with Crippen LogP contribution in [-0.4, -0.2) is 37.0 Å². The fourth-order valence-corrected chi connectivity index (χ4v) is 3.66. The molecule has 0 atom stereocenters. The molecule has 18 heavy (non-hydrogen) atoms. The number of sulfonamides is 1. The number of nitrogens with zero attached hydrogens (tertiary/aromatic N) is 1. The zero-order valence-electron chi connectivity index (χ0n) is 10.5. The Morgan fingerprint density at radius 3 is 2.39 bits per heavy atom. The predicted molar refractivity (Wildman–Crippen MR) is 69.8 cm³/mol. The summed E-state index contributed by atoms with van der Waals surface area (Å²) in [4.78, 5) is 0.345. The van der Waals surface area contributed by atoms with Crippen LogP contribution in [0.2, 0.25) is 0 Å². The van der Waals surface area contributed by atoms with Gasteiger partial charge in [-0.05, 0) is 38.3 Å². The molecule has 100 valence electrons. The lowest BCUT2D eigenvalue weighted by Gasteiger charge is -2.21. The van der Waals surface area contributed by atoms with Gasteiger partial charge in [-0.1, -0.05) is 17.7 Å². The largest absolute Gasteiger partial charge is 0.396 e. The highest BCUT2D eigenvalue weighted by atomic mass is 32.2. The Kier molecular flexibility index (Phi) is 4.04. The first-order valence-electron chi connectivity index (χ1n) is 6.25. The van der Waals surface area contributed by atoms with E-state index in [1.54, 1.807) is 12.1 Å². The van der Waals surface area contributed by atoms with Gasteiger partial charge in [-0.25, -0.2) is 8.42 Å². The lowest BCUT2D eigenvalue weighted by atomic mass is 10.2. The quantitative estimate of drug-likeness (QED) is 0.852. The van der Waals surface area contributed by atoms with Crippen molar-refractivity contribution in [2.45, 2.75) is 37.1 Å². The third kappa shape index (κ3) is 2.91. The third-order valence-corrected chi connectivity index (χ3v) is 5.08. The maximum atomic E-state index is 12.5. The first kappa shape index (κ1) is 13.5. The second kappa shape index (κ2) is 5.38. The van der Waals surface area contributed by atoms with Crippen molar-refractivity contribution in [2.24, 2.45) is 0 Å². The Hall–Kier alpha value is -0.910. The molecule has 1 N–H and O–H groups in total. The zero-order valence-corrected chi connectivity index (χ0v) is 11.4. The SMILES string of the molecule is Cc1ccc(S(=O)(=O)N(CCCO)C2CC2)cc1. The summed E-state index contributed by atoms with van der Waals surface area (Å²) in [6, 6.07) is 7.05. The van der Waals surface area contributed by atoms with Gasteiger partial charge in [0.2, 0.25) is 10.0 Å². The van der Waals surface area contributed by atoms with Crippen LogP contribution in [0.25, 0.3) is 0 Å². The van der Waals surface area contributed by atoms with E-state index < -0.39 is 10.0 Å². The number of aryl methyl sites for hydroxylation is 1. The highest BCUT2D eigenvalue weighted by Crippen LogP contribution is 2.32. The molecule has 1 aromatic carbocycles. The van der Waals surface area contributed by atoms with Crippen LogP contribution in [0.5, 0.6) is 0 Å². The second-order valence-corrected chi connectivity index (χ2v) is 6.63. The average molecular weight is 269 g/mol. The van der Waals surface area contributed by atoms with Crippen molar-refractivity contribution >= 4 is 10.0 Å². The summed E-state index contributed by atoms with van der Waals surface area (Å²) in [6.45, 7) is 2.35. The van der Waals surface area contributed by atoms with Crippen LogP contribution in [0.4, 0.5) is 0 Å². The molecule has 4 nitrogen and oxygen atoms in total. The van der Waals surface area contributed by atoms with E-state index in [1.165, 1.54) is 4.31 Å². The summed E-state index contributed by atoms with van der Waals surface area (Å²) in [5, 5.41) is 8.87. The minimum absolute atomic E-state index is 0.0205. The van der Waals surface area contributed by atoms with Crippen LogP contribution >= 0.6 is 0 Å². The fraction of sp³-hybridized carbons (Fsp3) is 0.538. The van der Waals surface area contributed by atoms with E-state index in [2.05, 4.69) is 0 Å². The number of hydrogen-bond donors (Lipinski definition) is 1. The summed E-state index contributed by atoms with van der Waals surface area (Å²) in [7, 11) is -3.40. The van der Waals surface area contributed by atoms with Gasteiger partial charge in [0, 0.05) is 19.2 Å². The minimum Gasteiger partial charge on any atom is -0.396 e. The highest BCUT2D eigenvalue weighted by molar-refractivity contribution is 7.89. The lowest BCUT2D eigenvalue weighted by molar-refractivity contribution is 0.267. The van der Waals surface area contributed by atoms with Crippen LogP contribution in [0.15, 0.2) is 29.2 Å². The Morgan fingerprint density at radius 1 is 1.28 bits per heavy atom. The van der Waals surface area contributed by atoms with Gasteiger partial charge in [0.25, 0.3) is 0 Å². The molecule has 1 aliphatic rings. The van der Waals surface area contributed by atoms with E-state index in [9.17, 15) is 8.42 Å². The number of benzene rings is 1. The first-order chi connectivity index (χ1) is 8.55. The smallest absolute Gasteiger partial charge is 0.243 e. The summed E-state index contributed by atoms with van der Waals surface area (Å²) < 4.78 is 26.5. The van der Waals surface area contributed by atoms with Crippen molar-refractivity contribution in [3.8, 4) is 0 Å². The van der Waals surface area contributed by atoms with Crippen molar-refractivity contribution in [1.82, 2.24) is 4.31 Å². The average Bonchev–Trinajstić information content (AvgIpc) is 3.14. The molecule has 1 saturated carbocycles. The van der Waals surface area contributed by atoms with Gasteiger partial charge in [0.05, 0.1) is 4.90 Å². The normalized spacial score (nSPS) is 16.2.